The highest BCUT2D eigenvalue weighted by atomic mass is 28.4. The van der Waals surface area contributed by atoms with E-state index in [0.29, 0.717) is 6.42 Å². The summed E-state index contributed by atoms with van der Waals surface area (Å²) in [4.78, 5) is 12.0. The fourth-order valence-corrected chi connectivity index (χ4v) is 5.77. The first-order valence-electron chi connectivity index (χ1n) is 12.7. The van der Waals surface area contributed by atoms with Crippen molar-refractivity contribution in [3.63, 3.8) is 0 Å². The van der Waals surface area contributed by atoms with Gasteiger partial charge in [-0.1, -0.05) is 123 Å². The van der Waals surface area contributed by atoms with Crippen molar-refractivity contribution in [3.8, 4) is 0 Å². The lowest BCUT2D eigenvalue weighted by molar-refractivity contribution is -0.135. The number of hydrogen-bond donors (Lipinski definition) is 0. The van der Waals surface area contributed by atoms with Crippen molar-refractivity contribution in [2.75, 3.05) is 0 Å². The molecule has 28 heavy (non-hydrogen) atoms. The molecule has 0 bridgehead atoms. The van der Waals surface area contributed by atoms with Gasteiger partial charge in [-0.2, -0.15) is 0 Å². The van der Waals surface area contributed by atoms with Gasteiger partial charge in [0.2, 0.25) is 8.32 Å². The fraction of sp³-hybridized carbons (Fsp3) is 0.960. The topological polar surface area (TPSA) is 26.3 Å². The van der Waals surface area contributed by atoms with E-state index in [-0.39, 0.29) is 5.97 Å². The van der Waals surface area contributed by atoms with Crippen LogP contribution in [0.5, 0.6) is 0 Å². The van der Waals surface area contributed by atoms with E-state index in [9.17, 15) is 4.79 Å². The minimum atomic E-state index is -1.76. The molecule has 0 aromatic heterocycles. The molecule has 0 spiro atoms. The first-order valence-corrected chi connectivity index (χ1v) is 15.8. The highest BCUT2D eigenvalue weighted by Crippen LogP contribution is 2.18. The molecule has 0 saturated carbocycles. The minimum Gasteiger partial charge on any atom is -0.520 e. The molecule has 0 aromatic carbocycles. The molecule has 0 aliphatic rings. The van der Waals surface area contributed by atoms with Crippen LogP contribution in [0, 0.1) is 0 Å². The lowest BCUT2D eigenvalue weighted by Gasteiger charge is -2.22. The van der Waals surface area contributed by atoms with E-state index in [0.717, 1.165) is 12.5 Å². The number of rotatable bonds is 21. The van der Waals surface area contributed by atoms with Crippen LogP contribution in [-0.2, 0) is 9.22 Å². The number of unbranched alkanes of at least 4 members (excludes halogenated alkanes) is 16. The summed E-state index contributed by atoms with van der Waals surface area (Å²) in [6, 6.07) is 1.12. The summed E-state index contributed by atoms with van der Waals surface area (Å²) >= 11 is 0. The van der Waals surface area contributed by atoms with Gasteiger partial charge in [-0.3, -0.25) is 4.79 Å². The molecule has 0 radical (unpaired) electrons. The molecule has 0 aliphatic carbocycles. The zero-order chi connectivity index (χ0) is 20.9. The number of carbonyl (C=O) groups is 1. The predicted octanol–water partition coefficient (Wildman–Crippen LogP) is 9.19. The van der Waals surface area contributed by atoms with Gasteiger partial charge in [0.1, 0.15) is 0 Å². The van der Waals surface area contributed by atoms with E-state index in [1.54, 1.807) is 0 Å². The predicted molar refractivity (Wildman–Crippen MR) is 127 cm³/mol. The molecule has 0 fully saturated rings. The largest absolute Gasteiger partial charge is 0.520 e. The van der Waals surface area contributed by atoms with Gasteiger partial charge in [0.25, 0.3) is 5.97 Å². The molecule has 0 aliphatic heterocycles. The molecule has 2 nitrogen and oxygen atoms in total. The zero-order valence-electron chi connectivity index (χ0n) is 20.0. The Morgan fingerprint density at radius 3 is 1.36 bits per heavy atom. The average Bonchev–Trinajstić information content (AvgIpc) is 2.64. The number of hydrogen-bond acceptors (Lipinski definition) is 2. The summed E-state index contributed by atoms with van der Waals surface area (Å²) in [7, 11) is -1.76. The summed E-state index contributed by atoms with van der Waals surface area (Å²) < 4.78 is 5.80. The molecular formula is C25H52O2Si. The number of carbonyl (C=O) groups excluding carboxylic acids is 1. The second-order valence-corrected chi connectivity index (χ2v) is 13.6. The molecule has 0 rings (SSSR count). The van der Waals surface area contributed by atoms with Crippen LogP contribution in [0.15, 0.2) is 0 Å². The third-order valence-corrected chi connectivity index (χ3v) is 8.09. The van der Waals surface area contributed by atoms with Gasteiger partial charge in [-0.25, -0.2) is 0 Å². The molecule has 0 N–H and O–H groups in total. The van der Waals surface area contributed by atoms with E-state index >= 15 is 0 Å². The maximum Gasteiger partial charge on any atom is 0.292 e. The van der Waals surface area contributed by atoms with Crippen LogP contribution < -0.4 is 0 Å². The Morgan fingerprint density at radius 1 is 0.571 bits per heavy atom. The Hall–Kier alpha value is -0.313. The fourth-order valence-electron chi connectivity index (χ4n) is 3.85. The van der Waals surface area contributed by atoms with Gasteiger partial charge in [-0.05, 0) is 25.6 Å². The Morgan fingerprint density at radius 2 is 0.929 bits per heavy atom. The molecular weight excluding hydrogens is 360 g/mol. The molecule has 0 amide bonds. The standard InChI is InChI=1S/C25H52O2Si/c1-5-7-9-10-11-12-13-14-15-16-17-18-19-20-21-23-25(26)27-28(3,4)24-22-8-6-2/h5-24H2,1-4H3. The van der Waals surface area contributed by atoms with Crippen LogP contribution in [-0.4, -0.2) is 14.3 Å². The van der Waals surface area contributed by atoms with Gasteiger partial charge in [0, 0.05) is 6.42 Å². The van der Waals surface area contributed by atoms with E-state index in [4.69, 9.17) is 4.43 Å². The van der Waals surface area contributed by atoms with Crippen molar-refractivity contribution in [2.24, 2.45) is 0 Å². The van der Waals surface area contributed by atoms with Gasteiger partial charge >= 0.3 is 0 Å². The van der Waals surface area contributed by atoms with E-state index in [1.807, 2.05) is 0 Å². The van der Waals surface area contributed by atoms with Crippen molar-refractivity contribution in [3.05, 3.63) is 0 Å². The SMILES string of the molecule is CCCCCCCCCCCCCCCCCC(=O)O[Si](C)(C)CCCCC. The zero-order valence-corrected chi connectivity index (χ0v) is 21.0. The van der Waals surface area contributed by atoms with Crippen LogP contribution in [0.1, 0.15) is 136 Å². The summed E-state index contributed by atoms with van der Waals surface area (Å²) in [6.07, 6.45) is 24.7. The van der Waals surface area contributed by atoms with Gasteiger partial charge in [0.05, 0.1) is 0 Å². The average molecular weight is 413 g/mol. The van der Waals surface area contributed by atoms with Gasteiger partial charge in [0.15, 0.2) is 0 Å². The monoisotopic (exact) mass is 412 g/mol. The molecule has 168 valence electrons. The first kappa shape index (κ1) is 27.7. The normalized spacial score (nSPS) is 11.7. The Balaban J connectivity index is 3.33. The second-order valence-electron chi connectivity index (χ2n) is 9.39. The Bertz CT molecular complexity index is 341. The summed E-state index contributed by atoms with van der Waals surface area (Å²) in [6.45, 7) is 8.88. The summed E-state index contributed by atoms with van der Waals surface area (Å²) in [5.74, 6) is 0.0582. The molecule has 0 heterocycles. The molecule has 0 unspecified atom stereocenters. The molecule has 0 atom stereocenters. The van der Waals surface area contributed by atoms with Crippen molar-refractivity contribution in [2.45, 2.75) is 155 Å². The maximum atomic E-state index is 12.0. The van der Waals surface area contributed by atoms with Crippen LogP contribution in [0.2, 0.25) is 19.1 Å². The molecule has 3 heteroatoms. The van der Waals surface area contributed by atoms with Crippen molar-refractivity contribution < 1.29 is 9.22 Å². The van der Waals surface area contributed by atoms with Crippen LogP contribution in [0.3, 0.4) is 0 Å². The van der Waals surface area contributed by atoms with Crippen LogP contribution in [0.25, 0.3) is 0 Å². The molecule has 0 aromatic rings. The highest BCUT2D eigenvalue weighted by molar-refractivity contribution is 6.72. The third-order valence-electron chi connectivity index (χ3n) is 5.76. The molecule has 0 saturated heterocycles. The van der Waals surface area contributed by atoms with Crippen molar-refractivity contribution >= 4 is 14.3 Å². The third kappa shape index (κ3) is 20.4. The van der Waals surface area contributed by atoms with E-state index in [2.05, 4.69) is 26.9 Å². The first-order chi connectivity index (χ1) is 13.5. The van der Waals surface area contributed by atoms with Crippen LogP contribution in [0.4, 0.5) is 0 Å². The highest BCUT2D eigenvalue weighted by Gasteiger charge is 2.25. The maximum absolute atomic E-state index is 12.0. The Kier molecular flexibility index (Phi) is 19.8. The lowest BCUT2D eigenvalue weighted by atomic mass is 10.0. The smallest absolute Gasteiger partial charge is 0.292 e. The minimum absolute atomic E-state index is 0.0582. The van der Waals surface area contributed by atoms with E-state index < -0.39 is 8.32 Å². The summed E-state index contributed by atoms with van der Waals surface area (Å²) in [5.41, 5.74) is 0. The van der Waals surface area contributed by atoms with Gasteiger partial charge < -0.3 is 4.43 Å². The quantitative estimate of drug-likeness (QED) is 0.139. The lowest BCUT2D eigenvalue weighted by Crippen LogP contribution is -2.33. The van der Waals surface area contributed by atoms with Crippen molar-refractivity contribution in [1.29, 1.82) is 0 Å². The second kappa shape index (κ2) is 20.0. The van der Waals surface area contributed by atoms with Gasteiger partial charge in [-0.15, -0.1) is 0 Å². The van der Waals surface area contributed by atoms with Crippen molar-refractivity contribution in [1.82, 2.24) is 0 Å². The summed E-state index contributed by atoms with van der Waals surface area (Å²) in [5, 5.41) is 0. The van der Waals surface area contributed by atoms with Crippen LogP contribution >= 0.6 is 0 Å². The Labute approximate surface area is 178 Å². The van der Waals surface area contributed by atoms with E-state index in [1.165, 1.54) is 109 Å².